The summed E-state index contributed by atoms with van der Waals surface area (Å²) in [4.78, 5) is 15.4. The summed E-state index contributed by atoms with van der Waals surface area (Å²) in [6, 6.07) is 13.6. The molecule has 0 saturated heterocycles. The SMILES string of the molecule is N#Cc1ccc(CN2Cc3ccccc3C(C(=O)O)C2)s1. The van der Waals surface area contributed by atoms with Crippen LogP contribution in [0.2, 0.25) is 0 Å². The van der Waals surface area contributed by atoms with E-state index in [-0.39, 0.29) is 0 Å². The number of hydrogen-bond donors (Lipinski definition) is 1. The summed E-state index contributed by atoms with van der Waals surface area (Å²) in [6.07, 6.45) is 0. The van der Waals surface area contributed by atoms with Crippen molar-refractivity contribution < 1.29 is 9.90 Å². The van der Waals surface area contributed by atoms with Gasteiger partial charge in [-0.1, -0.05) is 24.3 Å². The van der Waals surface area contributed by atoms with Crippen LogP contribution in [0, 0.1) is 11.3 Å². The van der Waals surface area contributed by atoms with Crippen LogP contribution in [-0.4, -0.2) is 22.5 Å². The largest absolute Gasteiger partial charge is 0.481 e. The molecule has 5 heteroatoms. The van der Waals surface area contributed by atoms with Crippen molar-refractivity contribution in [3.8, 4) is 6.07 Å². The topological polar surface area (TPSA) is 64.3 Å². The van der Waals surface area contributed by atoms with Gasteiger partial charge in [-0.15, -0.1) is 11.3 Å². The van der Waals surface area contributed by atoms with Crippen LogP contribution in [0.5, 0.6) is 0 Å². The first-order valence-electron chi connectivity index (χ1n) is 6.69. The third-order valence-corrected chi connectivity index (χ3v) is 4.69. The van der Waals surface area contributed by atoms with Gasteiger partial charge in [-0.3, -0.25) is 9.69 Å². The average molecular weight is 298 g/mol. The highest BCUT2D eigenvalue weighted by molar-refractivity contribution is 7.12. The van der Waals surface area contributed by atoms with Crippen LogP contribution < -0.4 is 0 Å². The van der Waals surface area contributed by atoms with Crippen LogP contribution >= 0.6 is 11.3 Å². The molecule has 1 aliphatic heterocycles. The van der Waals surface area contributed by atoms with Crippen molar-refractivity contribution >= 4 is 17.3 Å². The second-order valence-electron chi connectivity index (χ2n) is 5.14. The highest BCUT2D eigenvalue weighted by atomic mass is 32.1. The Morgan fingerprint density at radius 2 is 2.19 bits per heavy atom. The molecule has 0 saturated carbocycles. The van der Waals surface area contributed by atoms with Gasteiger partial charge < -0.3 is 5.11 Å². The van der Waals surface area contributed by atoms with Crippen LogP contribution in [0.3, 0.4) is 0 Å². The van der Waals surface area contributed by atoms with Crippen LogP contribution in [0.15, 0.2) is 36.4 Å². The first kappa shape index (κ1) is 13.8. The monoisotopic (exact) mass is 298 g/mol. The van der Waals surface area contributed by atoms with Crippen molar-refractivity contribution in [2.45, 2.75) is 19.0 Å². The van der Waals surface area contributed by atoms with Gasteiger partial charge in [0.05, 0.1) is 5.92 Å². The summed E-state index contributed by atoms with van der Waals surface area (Å²) in [5, 5.41) is 18.3. The number of benzene rings is 1. The molecule has 1 atom stereocenters. The molecule has 1 aromatic heterocycles. The lowest BCUT2D eigenvalue weighted by Gasteiger charge is -2.32. The predicted molar refractivity (Wildman–Crippen MR) is 80.0 cm³/mol. The molecular weight excluding hydrogens is 284 g/mol. The van der Waals surface area contributed by atoms with Gasteiger partial charge in [0, 0.05) is 24.5 Å². The Bertz CT molecular complexity index is 717. The highest BCUT2D eigenvalue weighted by Crippen LogP contribution is 2.30. The molecule has 1 aromatic carbocycles. The van der Waals surface area contributed by atoms with Crippen LogP contribution in [0.25, 0.3) is 0 Å². The average Bonchev–Trinajstić information content (AvgIpc) is 2.94. The number of carboxylic acid groups (broad SMARTS) is 1. The maximum absolute atomic E-state index is 11.5. The van der Waals surface area contributed by atoms with Crippen LogP contribution in [0.4, 0.5) is 0 Å². The molecule has 1 aliphatic rings. The molecule has 0 radical (unpaired) electrons. The van der Waals surface area contributed by atoms with Crippen LogP contribution in [-0.2, 0) is 17.9 Å². The van der Waals surface area contributed by atoms with E-state index in [1.165, 1.54) is 11.3 Å². The number of nitrogens with zero attached hydrogens (tertiary/aromatic N) is 2. The zero-order chi connectivity index (χ0) is 14.8. The molecule has 0 aliphatic carbocycles. The van der Waals surface area contributed by atoms with Crippen molar-refractivity contribution in [3.63, 3.8) is 0 Å². The number of aliphatic carboxylic acids is 1. The fourth-order valence-electron chi connectivity index (χ4n) is 2.76. The lowest BCUT2D eigenvalue weighted by molar-refractivity contribution is -0.139. The molecule has 21 heavy (non-hydrogen) atoms. The molecule has 1 unspecified atom stereocenters. The van der Waals surface area contributed by atoms with E-state index < -0.39 is 11.9 Å². The molecule has 0 fully saturated rings. The summed E-state index contributed by atoms with van der Waals surface area (Å²) in [6.45, 7) is 1.94. The normalized spacial score (nSPS) is 18.0. The first-order chi connectivity index (χ1) is 10.2. The summed E-state index contributed by atoms with van der Waals surface area (Å²) in [5.74, 6) is -1.26. The fraction of sp³-hybridized carbons (Fsp3) is 0.250. The number of fused-ring (bicyclic) bond motifs is 1. The molecule has 0 bridgehead atoms. The zero-order valence-corrected chi connectivity index (χ0v) is 12.1. The Hall–Kier alpha value is -2.16. The Morgan fingerprint density at radius 1 is 1.38 bits per heavy atom. The van der Waals surface area contributed by atoms with E-state index >= 15 is 0 Å². The van der Waals surface area contributed by atoms with Crippen molar-refractivity contribution in [2.24, 2.45) is 0 Å². The van der Waals surface area contributed by atoms with Gasteiger partial charge in [0.15, 0.2) is 0 Å². The molecule has 3 rings (SSSR count). The molecule has 2 heterocycles. The number of thiophene rings is 1. The van der Waals surface area contributed by atoms with Gasteiger partial charge in [-0.05, 0) is 23.3 Å². The van der Waals surface area contributed by atoms with Crippen molar-refractivity contribution in [1.82, 2.24) is 4.90 Å². The van der Waals surface area contributed by atoms with Crippen molar-refractivity contribution in [2.75, 3.05) is 6.54 Å². The summed E-state index contributed by atoms with van der Waals surface area (Å²) >= 11 is 1.47. The van der Waals surface area contributed by atoms with Gasteiger partial charge in [-0.25, -0.2) is 0 Å². The molecular formula is C16H14N2O2S. The molecule has 0 spiro atoms. The zero-order valence-electron chi connectivity index (χ0n) is 11.3. The van der Waals surface area contributed by atoms with Gasteiger partial charge in [0.1, 0.15) is 10.9 Å². The molecule has 4 nitrogen and oxygen atoms in total. The Kier molecular flexibility index (Phi) is 3.74. The van der Waals surface area contributed by atoms with Gasteiger partial charge in [0.25, 0.3) is 0 Å². The minimum atomic E-state index is -0.781. The maximum Gasteiger partial charge on any atom is 0.312 e. The van der Waals surface area contributed by atoms with E-state index in [9.17, 15) is 9.90 Å². The predicted octanol–water partition coefficient (Wildman–Crippen LogP) is 2.80. The smallest absolute Gasteiger partial charge is 0.312 e. The van der Waals surface area contributed by atoms with Gasteiger partial charge in [-0.2, -0.15) is 5.26 Å². The number of rotatable bonds is 3. The summed E-state index contributed by atoms with van der Waals surface area (Å²) < 4.78 is 0. The quantitative estimate of drug-likeness (QED) is 0.946. The van der Waals surface area contributed by atoms with E-state index in [1.54, 1.807) is 0 Å². The number of carbonyl (C=O) groups is 1. The molecule has 106 valence electrons. The van der Waals surface area contributed by atoms with E-state index in [2.05, 4.69) is 11.0 Å². The Labute approximate surface area is 126 Å². The third-order valence-electron chi connectivity index (χ3n) is 3.71. The number of hydrogen-bond acceptors (Lipinski definition) is 4. The minimum Gasteiger partial charge on any atom is -0.481 e. The molecule has 1 N–H and O–H groups in total. The van der Waals surface area contributed by atoms with E-state index in [4.69, 9.17) is 5.26 Å². The standard InChI is InChI=1S/C16H14N2O2S/c17-7-12-5-6-13(21-12)9-18-8-11-3-1-2-4-14(11)15(10-18)16(19)20/h1-6,15H,8-10H2,(H,19,20). The lowest BCUT2D eigenvalue weighted by Crippen LogP contribution is -2.36. The minimum absolute atomic E-state index is 0.481. The van der Waals surface area contributed by atoms with E-state index in [1.807, 2.05) is 36.4 Å². The second-order valence-corrected chi connectivity index (χ2v) is 6.31. The van der Waals surface area contributed by atoms with E-state index in [0.717, 1.165) is 22.5 Å². The summed E-state index contributed by atoms with van der Waals surface area (Å²) in [5.41, 5.74) is 2.00. The van der Waals surface area contributed by atoms with Gasteiger partial charge in [0.2, 0.25) is 0 Å². The van der Waals surface area contributed by atoms with E-state index in [0.29, 0.717) is 18.0 Å². The highest BCUT2D eigenvalue weighted by Gasteiger charge is 2.30. The Balaban J connectivity index is 1.83. The van der Waals surface area contributed by atoms with Gasteiger partial charge >= 0.3 is 5.97 Å². The third kappa shape index (κ3) is 2.82. The second kappa shape index (κ2) is 5.68. The van der Waals surface area contributed by atoms with Crippen LogP contribution in [0.1, 0.15) is 26.8 Å². The maximum atomic E-state index is 11.5. The number of nitriles is 1. The molecule has 0 amide bonds. The lowest BCUT2D eigenvalue weighted by atomic mass is 9.90. The van der Waals surface area contributed by atoms with Crippen molar-refractivity contribution in [1.29, 1.82) is 5.26 Å². The molecule has 2 aromatic rings. The first-order valence-corrected chi connectivity index (χ1v) is 7.51. The fourth-order valence-corrected chi connectivity index (χ4v) is 3.60. The Morgan fingerprint density at radius 3 is 2.90 bits per heavy atom. The van der Waals surface area contributed by atoms with Crippen molar-refractivity contribution in [3.05, 3.63) is 57.3 Å². The summed E-state index contributed by atoms with van der Waals surface area (Å²) in [7, 11) is 0. The number of carboxylic acids is 1.